The first kappa shape index (κ1) is 11.8. The van der Waals surface area contributed by atoms with Crippen LogP contribution in [-0.4, -0.2) is 7.11 Å². The summed E-state index contributed by atoms with van der Waals surface area (Å²) in [5.74, 6) is 6.37. The van der Waals surface area contributed by atoms with Gasteiger partial charge in [0.1, 0.15) is 5.75 Å². The average molecular weight is 206 g/mol. The molecule has 0 radical (unpaired) electrons. The van der Waals surface area contributed by atoms with E-state index in [2.05, 4.69) is 12.0 Å². The number of rotatable bonds is 6. The van der Waals surface area contributed by atoms with Crippen molar-refractivity contribution in [2.24, 2.45) is 5.84 Å². The highest BCUT2D eigenvalue weighted by Gasteiger charge is 2.08. The maximum Gasteiger partial charge on any atom is 0.119 e. The molecule has 0 heterocycles. The molecular formula is C12H18N2O. The highest BCUT2D eigenvalue weighted by Crippen LogP contribution is 2.21. The Labute approximate surface area is 90.9 Å². The number of nitrogens with two attached hydrogens (primary N) is 1. The highest BCUT2D eigenvalue weighted by molar-refractivity contribution is 5.30. The minimum Gasteiger partial charge on any atom is -0.497 e. The maximum absolute atomic E-state index is 5.51. The summed E-state index contributed by atoms with van der Waals surface area (Å²) in [6.45, 7) is 3.70. The summed E-state index contributed by atoms with van der Waals surface area (Å²) in [6, 6.07) is 8.07. The third-order valence-corrected chi connectivity index (χ3v) is 2.36. The van der Waals surface area contributed by atoms with Crippen molar-refractivity contribution in [1.29, 1.82) is 0 Å². The first-order valence-electron chi connectivity index (χ1n) is 5.02. The van der Waals surface area contributed by atoms with Crippen molar-refractivity contribution in [1.82, 2.24) is 5.43 Å². The molecule has 1 aromatic rings. The van der Waals surface area contributed by atoms with Crippen molar-refractivity contribution in [3.05, 3.63) is 42.5 Å². The van der Waals surface area contributed by atoms with Crippen molar-refractivity contribution in [3.8, 4) is 5.75 Å². The number of hydrazine groups is 1. The summed E-state index contributed by atoms with van der Waals surface area (Å²) in [5, 5.41) is 0. The van der Waals surface area contributed by atoms with Gasteiger partial charge in [0, 0.05) is 6.04 Å². The van der Waals surface area contributed by atoms with Gasteiger partial charge in [-0.05, 0) is 30.5 Å². The van der Waals surface area contributed by atoms with Crippen LogP contribution in [0.5, 0.6) is 5.75 Å². The molecule has 0 spiro atoms. The lowest BCUT2D eigenvalue weighted by molar-refractivity contribution is 0.412. The van der Waals surface area contributed by atoms with Crippen LogP contribution in [0, 0.1) is 0 Å². The van der Waals surface area contributed by atoms with Crippen LogP contribution in [-0.2, 0) is 0 Å². The van der Waals surface area contributed by atoms with Crippen molar-refractivity contribution in [2.45, 2.75) is 18.9 Å². The van der Waals surface area contributed by atoms with Crippen LogP contribution in [0.3, 0.4) is 0 Å². The van der Waals surface area contributed by atoms with Crippen LogP contribution < -0.4 is 16.0 Å². The number of hydrogen-bond acceptors (Lipinski definition) is 3. The number of ether oxygens (including phenoxy) is 1. The molecule has 0 saturated heterocycles. The zero-order valence-electron chi connectivity index (χ0n) is 9.07. The van der Waals surface area contributed by atoms with E-state index < -0.39 is 0 Å². The second-order valence-corrected chi connectivity index (χ2v) is 3.36. The van der Waals surface area contributed by atoms with Gasteiger partial charge in [0.25, 0.3) is 0 Å². The average Bonchev–Trinajstić information content (AvgIpc) is 2.30. The molecule has 0 saturated carbocycles. The van der Waals surface area contributed by atoms with E-state index in [1.807, 2.05) is 30.3 Å². The summed E-state index contributed by atoms with van der Waals surface area (Å²) < 4.78 is 5.17. The number of allylic oxidation sites excluding steroid dienone is 1. The summed E-state index contributed by atoms with van der Waals surface area (Å²) in [7, 11) is 1.66. The van der Waals surface area contributed by atoms with Gasteiger partial charge < -0.3 is 4.74 Å². The smallest absolute Gasteiger partial charge is 0.119 e. The van der Waals surface area contributed by atoms with Crippen molar-refractivity contribution < 1.29 is 4.74 Å². The Morgan fingerprint density at radius 2 is 2.40 bits per heavy atom. The number of nitrogens with one attached hydrogen (secondary N) is 1. The Morgan fingerprint density at radius 1 is 1.60 bits per heavy atom. The van der Waals surface area contributed by atoms with Crippen LogP contribution in [0.1, 0.15) is 24.4 Å². The predicted octanol–water partition coefficient (Wildman–Crippen LogP) is 2.17. The number of methoxy groups -OCH3 is 1. The molecule has 1 aromatic carbocycles. The van der Waals surface area contributed by atoms with Gasteiger partial charge in [-0.3, -0.25) is 11.3 Å². The standard InChI is InChI=1S/C12H18N2O/c1-3-4-8-12(14-13)10-6-5-7-11(9-10)15-2/h3,5-7,9,12,14H,1,4,8,13H2,2H3. The van der Waals surface area contributed by atoms with Crippen molar-refractivity contribution in [2.75, 3.05) is 7.11 Å². The Balaban J connectivity index is 2.76. The molecule has 0 fully saturated rings. The Morgan fingerprint density at radius 3 is 3.00 bits per heavy atom. The van der Waals surface area contributed by atoms with Crippen LogP contribution in [0.15, 0.2) is 36.9 Å². The second kappa shape index (κ2) is 6.22. The third-order valence-electron chi connectivity index (χ3n) is 2.36. The van der Waals surface area contributed by atoms with E-state index in [0.717, 1.165) is 24.2 Å². The molecule has 0 aliphatic carbocycles. The van der Waals surface area contributed by atoms with Gasteiger partial charge in [0.15, 0.2) is 0 Å². The quantitative estimate of drug-likeness (QED) is 0.426. The van der Waals surface area contributed by atoms with E-state index in [1.54, 1.807) is 7.11 Å². The van der Waals surface area contributed by atoms with Gasteiger partial charge in [0.2, 0.25) is 0 Å². The molecule has 3 heteroatoms. The Bertz CT molecular complexity index is 312. The number of hydrogen-bond donors (Lipinski definition) is 2. The minimum absolute atomic E-state index is 0.151. The predicted molar refractivity (Wildman–Crippen MR) is 62.5 cm³/mol. The molecule has 3 N–H and O–H groups in total. The van der Waals surface area contributed by atoms with E-state index in [4.69, 9.17) is 10.6 Å². The summed E-state index contributed by atoms with van der Waals surface area (Å²) in [4.78, 5) is 0. The lowest BCUT2D eigenvalue weighted by atomic mass is 10.0. The number of benzene rings is 1. The van der Waals surface area contributed by atoms with Crippen LogP contribution >= 0.6 is 0 Å². The fourth-order valence-corrected chi connectivity index (χ4v) is 1.49. The lowest BCUT2D eigenvalue weighted by Crippen LogP contribution is -2.27. The maximum atomic E-state index is 5.51. The summed E-state index contributed by atoms with van der Waals surface area (Å²) in [5.41, 5.74) is 3.94. The molecule has 82 valence electrons. The third kappa shape index (κ3) is 3.38. The van der Waals surface area contributed by atoms with E-state index in [9.17, 15) is 0 Å². The molecule has 1 unspecified atom stereocenters. The fraction of sp³-hybridized carbons (Fsp3) is 0.333. The molecule has 3 nitrogen and oxygen atoms in total. The van der Waals surface area contributed by atoms with E-state index in [0.29, 0.717) is 0 Å². The monoisotopic (exact) mass is 206 g/mol. The molecule has 0 aliphatic heterocycles. The van der Waals surface area contributed by atoms with Crippen molar-refractivity contribution >= 4 is 0 Å². The lowest BCUT2D eigenvalue weighted by Gasteiger charge is -2.16. The zero-order valence-corrected chi connectivity index (χ0v) is 9.07. The molecule has 0 amide bonds. The van der Waals surface area contributed by atoms with Crippen LogP contribution in [0.4, 0.5) is 0 Å². The van der Waals surface area contributed by atoms with Crippen LogP contribution in [0.25, 0.3) is 0 Å². The second-order valence-electron chi connectivity index (χ2n) is 3.36. The molecular weight excluding hydrogens is 188 g/mol. The highest BCUT2D eigenvalue weighted by atomic mass is 16.5. The molecule has 1 rings (SSSR count). The van der Waals surface area contributed by atoms with E-state index in [-0.39, 0.29) is 6.04 Å². The van der Waals surface area contributed by atoms with Gasteiger partial charge in [-0.25, -0.2) is 0 Å². The normalized spacial score (nSPS) is 12.1. The van der Waals surface area contributed by atoms with Gasteiger partial charge >= 0.3 is 0 Å². The molecule has 0 bridgehead atoms. The molecule has 0 aromatic heterocycles. The molecule has 15 heavy (non-hydrogen) atoms. The molecule has 1 atom stereocenters. The molecule has 0 aliphatic rings. The fourth-order valence-electron chi connectivity index (χ4n) is 1.49. The summed E-state index contributed by atoms with van der Waals surface area (Å²) in [6.07, 6.45) is 3.77. The van der Waals surface area contributed by atoms with Crippen LogP contribution in [0.2, 0.25) is 0 Å². The van der Waals surface area contributed by atoms with E-state index >= 15 is 0 Å². The van der Waals surface area contributed by atoms with Gasteiger partial charge in [-0.15, -0.1) is 6.58 Å². The topological polar surface area (TPSA) is 47.3 Å². The Kier molecular flexibility index (Phi) is 4.87. The van der Waals surface area contributed by atoms with Gasteiger partial charge in [-0.1, -0.05) is 18.2 Å². The summed E-state index contributed by atoms with van der Waals surface area (Å²) >= 11 is 0. The largest absolute Gasteiger partial charge is 0.497 e. The first-order chi connectivity index (χ1) is 7.31. The van der Waals surface area contributed by atoms with Gasteiger partial charge in [0.05, 0.1) is 7.11 Å². The minimum atomic E-state index is 0.151. The van der Waals surface area contributed by atoms with Crippen molar-refractivity contribution in [3.63, 3.8) is 0 Å². The zero-order chi connectivity index (χ0) is 11.1. The first-order valence-corrected chi connectivity index (χ1v) is 5.02. The Hall–Kier alpha value is -1.32. The van der Waals surface area contributed by atoms with E-state index in [1.165, 1.54) is 0 Å². The van der Waals surface area contributed by atoms with Gasteiger partial charge in [-0.2, -0.15) is 0 Å². The SMILES string of the molecule is C=CCCC(NN)c1cccc(OC)c1.